The Morgan fingerprint density at radius 2 is 2.26 bits per heavy atom. The third kappa shape index (κ3) is 2.69. The average molecular weight is 326 g/mol. The standard InChI is InChI=1S/C13H12BrNO4/c1-7-8(4-3-5-9(7)14)12-15-10(6-18-2)11(19-12)13(16)17/h3-5H,6H2,1-2H3,(H,16,17). The molecule has 0 aliphatic heterocycles. The molecule has 6 heteroatoms. The molecule has 1 heterocycles. The molecule has 5 nitrogen and oxygen atoms in total. The first-order valence-corrected chi connectivity index (χ1v) is 6.31. The highest BCUT2D eigenvalue weighted by molar-refractivity contribution is 9.10. The lowest BCUT2D eigenvalue weighted by atomic mass is 10.1. The Labute approximate surface area is 118 Å². The Morgan fingerprint density at radius 3 is 2.89 bits per heavy atom. The Kier molecular flexibility index (Phi) is 4.01. The molecule has 2 rings (SSSR count). The number of carboxylic acids is 1. The van der Waals surface area contributed by atoms with Crippen LogP contribution in [-0.2, 0) is 11.3 Å². The van der Waals surface area contributed by atoms with Crippen LogP contribution in [0.15, 0.2) is 27.1 Å². The molecule has 0 radical (unpaired) electrons. The third-order valence-corrected chi connectivity index (χ3v) is 3.53. The molecule has 0 amide bonds. The maximum Gasteiger partial charge on any atom is 0.373 e. The van der Waals surface area contributed by atoms with Crippen molar-refractivity contribution in [2.75, 3.05) is 7.11 Å². The number of hydrogen-bond donors (Lipinski definition) is 1. The first-order valence-electron chi connectivity index (χ1n) is 5.52. The lowest BCUT2D eigenvalue weighted by Gasteiger charge is -2.02. The largest absolute Gasteiger partial charge is 0.475 e. The number of benzene rings is 1. The lowest BCUT2D eigenvalue weighted by Crippen LogP contribution is -2.00. The Bertz CT molecular complexity index is 621. The highest BCUT2D eigenvalue weighted by atomic mass is 79.9. The molecule has 0 fully saturated rings. The van der Waals surface area contributed by atoms with E-state index in [1.54, 1.807) is 0 Å². The van der Waals surface area contributed by atoms with Crippen molar-refractivity contribution >= 4 is 21.9 Å². The van der Waals surface area contributed by atoms with E-state index in [4.69, 9.17) is 14.3 Å². The summed E-state index contributed by atoms with van der Waals surface area (Å²) in [7, 11) is 1.48. The molecule has 0 unspecified atom stereocenters. The van der Waals surface area contributed by atoms with Gasteiger partial charge in [0.25, 0.3) is 0 Å². The van der Waals surface area contributed by atoms with Gasteiger partial charge in [-0.05, 0) is 24.6 Å². The Morgan fingerprint density at radius 1 is 1.53 bits per heavy atom. The van der Waals surface area contributed by atoms with Crippen molar-refractivity contribution in [3.05, 3.63) is 39.7 Å². The van der Waals surface area contributed by atoms with Crippen LogP contribution in [0.25, 0.3) is 11.5 Å². The second-order valence-electron chi connectivity index (χ2n) is 3.95. The predicted molar refractivity (Wildman–Crippen MR) is 72.0 cm³/mol. The molecule has 1 aromatic carbocycles. The molecule has 2 aromatic rings. The molecule has 0 atom stereocenters. The molecular weight excluding hydrogens is 314 g/mol. The van der Waals surface area contributed by atoms with Crippen molar-refractivity contribution in [2.45, 2.75) is 13.5 Å². The van der Waals surface area contributed by atoms with E-state index in [0.717, 1.165) is 15.6 Å². The van der Waals surface area contributed by atoms with Crippen molar-refractivity contribution in [3.8, 4) is 11.5 Å². The Balaban J connectivity index is 2.54. The number of carboxylic acid groups (broad SMARTS) is 1. The van der Waals surface area contributed by atoms with Crippen LogP contribution in [0.1, 0.15) is 21.8 Å². The van der Waals surface area contributed by atoms with E-state index in [-0.39, 0.29) is 24.0 Å². The van der Waals surface area contributed by atoms with Crippen LogP contribution < -0.4 is 0 Å². The monoisotopic (exact) mass is 325 g/mol. The molecule has 0 saturated heterocycles. The second kappa shape index (κ2) is 5.54. The summed E-state index contributed by atoms with van der Waals surface area (Å²) in [4.78, 5) is 15.3. The van der Waals surface area contributed by atoms with Gasteiger partial charge in [-0.2, -0.15) is 0 Å². The van der Waals surface area contributed by atoms with Gasteiger partial charge in [-0.15, -0.1) is 0 Å². The predicted octanol–water partition coefficient (Wildman–Crippen LogP) is 3.26. The molecular formula is C13H12BrNO4. The number of hydrogen-bond acceptors (Lipinski definition) is 4. The van der Waals surface area contributed by atoms with Gasteiger partial charge in [0.2, 0.25) is 11.7 Å². The summed E-state index contributed by atoms with van der Waals surface area (Å²) < 4.78 is 11.2. The fourth-order valence-corrected chi connectivity index (χ4v) is 2.07. The minimum absolute atomic E-state index is 0.0954. The summed E-state index contributed by atoms with van der Waals surface area (Å²) in [6.45, 7) is 2.00. The maximum absolute atomic E-state index is 11.1. The van der Waals surface area contributed by atoms with Gasteiger partial charge < -0.3 is 14.3 Å². The minimum atomic E-state index is -1.15. The van der Waals surface area contributed by atoms with Crippen LogP contribution in [-0.4, -0.2) is 23.2 Å². The number of nitrogens with zero attached hydrogens (tertiary/aromatic N) is 1. The van der Waals surface area contributed by atoms with Gasteiger partial charge in [0.05, 0.1) is 6.61 Å². The highest BCUT2D eigenvalue weighted by Crippen LogP contribution is 2.29. The number of methoxy groups -OCH3 is 1. The first kappa shape index (κ1) is 13.8. The highest BCUT2D eigenvalue weighted by Gasteiger charge is 2.21. The van der Waals surface area contributed by atoms with Crippen molar-refractivity contribution in [1.82, 2.24) is 4.98 Å². The van der Waals surface area contributed by atoms with Gasteiger partial charge in [0.15, 0.2) is 0 Å². The van der Waals surface area contributed by atoms with Gasteiger partial charge in [0.1, 0.15) is 5.69 Å². The van der Waals surface area contributed by atoms with Gasteiger partial charge in [0, 0.05) is 17.1 Å². The molecule has 0 bridgehead atoms. The van der Waals surface area contributed by atoms with Crippen molar-refractivity contribution in [3.63, 3.8) is 0 Å². The molecule has 0 spiro atoms. The third-order valence-electron chi connectivity index (χ3n) is 2.67. The number of rotatable bonds is 4. The van der Waals surface area contributed by atoms with Crippen molar-refractivity contribution in [2.24, 2.45) is 0 Å². The normalized spacial score (nSPS) is 10.7. The SMILES string of the molecule is COCc1nc(-c2cccc(Br)c2C)oc1C(=O)O. The summed E-state index contributed by atoms with van der Waals surface area (Å²) in [5.74, 6) is -1.06. The van der Waals surface area contributed by atoms with Crippen LogP contribution in [0, 0.1) is 6.92 Å². The number of oxazole rings is 1. The molecule has 100 valence electrons. The summed E-state index contributed by atoms with van der Waals surface area (Å²) in [5.41, 5.74) is 1.97. The molecule has 1 aromatic heterocycles. The molecule has 0 saturated carbocycles. The zero-order valence-electron chi connectivity index (χ0n) is 10.4. The molecule has 0 aliphatic carbocycles. The Hall–Kier alpha value is -1.66. The van der Waals surface area contributed by atoms with Gasteiger partial charge >= 0.3 is 5.97 Å². The van der Waals surface area contributed by atoms with Crippen LogP contribution >= 0.6 is 15.9 Å². The summed E-state index contributed by atoms with van der Waals surface area (Å²) in [5, 5.41) is 9.08. The van der Waals surface area contributed by atoms with E-state index in [9.17, 15) is 4.79 Å². The van der Waals surface area contributed by atoms with E-state index < -0.39 is 5.97 Å². The quantitative estimate of drug-likeness (QED) is 0.934. The average Bonchev–Trinajstić information content (AvgIpc) is 2.77. The number of aromatic nitrogens is 1. The summed E-state index contributed by atoms with van der Waals surface area (Å²) >= 11 is 3.42. The number of carbonyl (C=O) groups is 1. The van der Waals surface area contributed by atoms with E-state index in [2.05, 4.69) is 20.9 Å². The van der Waals surface area contributed by atoms with Crippen LogP contribution in [0.3, 0.4) is 0 Å². The minimum Gasteiger partial charge on any atom is -0.475 e. The number of ether oxygens (including phenoxy) is 1. The maximum atomic E-state index is 11.1. The van der Waals surface area contributed by atoms with Gasteiger partial charge in [-0.25, -0.2) is 9.78 Å². The summed E-state index contributed by atoms with van der Waals surface area (Å²) in [6, 6.07) is 5.57. The van der Waals surface area contributed by atoms with E-state index in [0.29, 0.717) is 0 Å². The lowest BCUT2D eigenvalue weighted by molar-refractivity contribution is 0.0656. The molecule has 19 heavy (non-hydrogen) atoms. The van der Waals surface area contributed by atoms with Crippen LogP contribution in [0.2, 0.25) is 0 Å². The number of halogens is 1. The van der Waals surface area contributed by atoms with E-state index in [1.807, 2.05) is 25.1 Å². The zero-order chi connectivity index (χ0) is 14.0. The fourth-order valence-electron chi connectivity index (χ4n) is 1.71. The van der Waals surface area contributed by atoms with E-state index in [1.165, 1.54) is 7.11 Å². The van der Waals surface area contributed by atoms with E-state index >= 15 is 0 Å². The molecule has 0 aliphatic rings. The summed E-state index contributed by atoms with van der Waals surface area (Å²) in [6.07, 6.45) is 0. The molecule has 1 N–H and O–H groups in total. The fraction of sp³-hybridized carbons (Fsp3) is 0.231. The smallest absolute Gasteiger partial charge is 0.373 e. The topological polar surface area (TPSA) is 72.6 Å². The van der Waals surface area contributed by atoms with Gasteiger partial charge in [-0.1, -0.05) is 22.0 Å². The van der Waals surface area contributed by atoms with Crippen LogP contribution in [0.4, 0.5) is 0 Å². The van der Waals surface area contributed by atoms with Crippen molar-refractivity contribution < 1.29 is 19.1 Å². The van der Waals surface area contributed by atoms with Crippen molar-refractivity contribution in [1.29, 1.82) is 0 Å². The van der Waals surface area contributed by atoms with Crippen LogP contribution in [0.5, 0.6) is 0 Å². The first-order chi connectivity index (χ1) is 9.04. The van der Waals surface area contributed by atoms with Gasteiger partial charge in [-0.3, -0.25) is 0 Å². The second-order valence-corrected chi connectivity index (χ2v) is 4.80. The zero-order valence-corrected chi connectivity index (χ0v) is 12.0. The number of aromatic carboxylic acids is 1.